The van der Waals surface area contributed by atoms with Crippen LogP contribution in [-0.4, -0.2) is 34.8 Å². The van der Waals surface area contributed by atoms with E-state index in [4.69, 9.17) is 0 Å². The Morgan fingerprint density at radius 3 is 2.26 bits per heavy atom. The van der Waals surface area contributed by atoms with Crippen molar-refractivity contribution in [2.75, 3.05) is 12.4 Å². The van der Waals surface area contributed by atoms with Crippen LogP contribution in [0.2, 0.25) is 0 Å². The van der Waals surface area contributed by atoms with Gasteiger partial charge in [-0.25, -0.2) is 4.79 Å². The highest BCUT2D eigenvalue weighted by molar-refractivity contribution is 6.05. The zero-order valence-electron chi connectivity index (χ0n) is 15.9. The SMILES string of the molecule is Cc1ccc(NC(=O)c2ccc(CN(C)C(=O)C(C)C)cc2)cc1C(=O)O. The van der Waals surface area contributed by atoms with Crippen molar-refractivity contribution < 1.29 is 19.5 Å². The maximum atomic E-state index is 12.4. The van der Waals surface area contributed by atoms with Crippen LogP contribution in [0.5, 0.6) is 0 Å². The highest BCUT2D eigenvalue weighted by Crippen LogP contribution is 2.17. The van der Waals surface area contributed by atoms with Crippen LogP contribution < -0.4 is 5.32 Å². The van der Waals surface area contributed by atoms with Crippen molar-refractivity contribution in [2.24, 2.45) is 5.92 Å². The first-order valence-corrected chi connectivity index (χ1v) is 8.68. The summed E-state index contributed by atoms with van der Waals surface area (Å²) in [5.74, 6) is -1.36. The van der Waals surface area contributed by atoms with E-state index in [0.717, 1.165) is 5.56 Å². The van der Waals surface area contributed by atoms with Gasteiger partial charge in [0.05, 0.1) is 5.56 Å². The van der Waals surface area contributed by atoms with Gasteiger partial charge in [0.15, 0.2) is 0 Å². The van der Waals surface area contributed by atoms with Crippen LogP contribution in [0, 0.1) is 12.8 Å². The van der Waals surface area contributed by atoms with E-state index >= 15 is 0 Å². The Bertz CT molecular complexity index is 857. The number of carbonyl (C=O) groups excluding carboxylic acids is 2. The quantitative estimate of drug-likeness (QED) is 0.816. The first kappa shape index (κ1) is 20.2. The molecule has 0 fully saturated rings. The number of carbonyl (C=O) groups is 3. The molecule has 0 saturated carbocycles. The Balaban J connectivity index is 2.07. The zero-order chi connectivity index (χ0) is 20.1. The molecular weight excluding hydrogens is 344 g/mol. The van der Waals surface area contributed by atoms with E-state index in [9.17, 15) is 19.5 Å². The van der Waals surface area contributed by atoms with Gasteiger partial charge in [-0.15, -0.1) is 0 Å². The molecule has 0 aromatic heterocycles. The second-order valence-electron chi connectivity index (χ2n) is 6.83. The molecule has 27 heavy (non-hydrogen) atoms. The van der Waals surface area contributed by atoms with E-state index in [1.807, 2.05) is 13.8 Å². The number of hydrogen-bond donors (Lipinski definition) is 2. The molecule has 2 rings (SSSR count). The number of nitrogens with zero attached hydrogens (tertiary/aromatic N) is 1. The Labute approximate surface area is 158 Å². The van der Waals surface area contributed by atoms with Crippen molar-refractivity contribution >= 4 is 23.5 Å². The number of amides is 2. The van der Waals surface area contributed by atoms with Gasteiger partial charge in [-0.1, -0.05) is 32.0 Å². The molecule has 142 valence electrons. The summed E-state index contributed by atoms with van der Waals surface area (Å²) in [4.78, 5) is 37.2. The van der Waals surface area contributed by atoms with Gasteiger partial charge in [-0.2, -0.15) is 0 Å². The predicted octanol–water partition coefficient (Wildman–Crippen LogP) is 3.56. The molecule has 0 unspecified atom stereocenters. The van der Waals surface area contributed by atoms with Gasteiger partial charge >= 0.3 is 5.97 Å². The van der Waals surface area contributed by atoms with Crippen LogP contribution in [0.15, 0.2) is 42.5 Å². The number of anilines is 1. The first-order valence-electron chi connectivity index (χ1n) is 8.68. The number of rotatable bonds is 6. The van der Waals surface area contributed by atoms with Crippen LogP contribution in [0.3, 0.4) is 0 Å². The fourth-order valence-electron chi connectivity index (χ4n) is 2.69. The molecule has 0 saturated heterocycles. The average molecular weight is 368 g/mol. The maximum Gasteiger partial charge on any atom is 0.336 e. The number of nitrogens with one attached hydrogen (secondary N) is 1. The molecule has 2 N–H and O–H groups in total. The van der Waals surface area contributed by atoms with Gasteiger partial charge in [-0.05, 0) is 42.3 Å². The van der Waals surface area contributed by atoms with Crippen molar-refractivity contribution in [2.45, 2.75) is 27.3 Å². The van der Waals surface area contributed by atoms with Crippen molar-refractivity contribution in [3.63, 3.8) is 0 Å². The number of aromatic carboxylic acids is 1. The van der Waals surface area contributed by atoms with Crippen LogP contribution in [0.1, 0.15) is 45.7 Å². The number of aryl methyl sites for hydroxylation is 1. The summed E-state index contributed by atoms with van der Waals surface area (Å²) in [6, 6.07) is 11.7. The molecule has 0 aliphatic carbocycles. The molecule has 0 aliphatic rings. The van der Waals surface area contributed by atoms with Gasteiger partial charge in [0.1, 0.15) is 0 Å². The van der Waals surface area contributed by atoms with Gasteiger partial charge < -0.3 is 15.3 Å². The lowest BCUT2D eigenvalue weighted by Crippen LogP contribution is -2.29. The third-order valence-electron chi connectivity index (χ3n) is 4.23. The highest BCUT2D eigenvalue weighted by atomic mass is 16.4. The van der Waals surface area contributed by atoms with Crippen molar-refractivity contribution in [3.8, 4) is 0 Å². The molecule has 0 bridgehead atoms. The third kappa shape index (κ3) is 5.17. The van der Waals surface area contributed by atoms with Crippen molar-refractivity contribution in [3.05, 3.63) is 64.7 Å². The topological polar surface area (TPSA) is 86.7 Å². The van der Waals surface area contributed by atoms with E-state index in [-0.39, 0.29) is 23.3 Å². The number of carboxylic acids is 1. The number of benzene rings is 2. The lowest BCUT2D eigenvalue weighted by atomic mass is 10.1. The summed E-state index contributed by atoms with van der Waals surface area (Å²) in [7, 11) is 1.75. The largest absolute Gasteiger partial charge is 0.478 e. The van der Waals surface area contributed by atoms with Gasteiger partial charge in [0, 0.05) is 30.8 Å². The van der Waals surface area contributed by atoms with Crippen LogP contribution >= 0.6 is 0 Å². The molecule has 2 aromatic carbocycles. The zero-order valence-corrected chi connectivity index (χ0v) is 15.9. The Kier molecular flexibility index (Phi) is 6.34. The molecule has 0 spiro atoms. The molecule has 0 heterocycles. The summed E-state index contributed by atoms with van der Waals surface area (Å²) in [6.45, 7) is 5.88. The summed E-state index contributed by atoms with van der Waals surface area (Å²) in [5, 5.41) is 11.9. The van der Waals surface area contributed by atoms with Crippen LogP contribution in [0.25, 0.3) is 0 Å². The Morgan fingerprint density at radius 1 is 1.07 bits per heavy atom. The summed E-state index contributed by atoms with van der Waals surface area (Å²) in [5.41, 5.74) is 2.58. The third-order valence-corrected chi connectivity index (χ3v) is 4.23. The molecule has 6 nitrogen and oxygen atoms in total. The van der Waals surface area contributed by atoms with Gasteiger partial charge in [0.25, 0.3) is 5.91 Å². The van der Waals surface area contributed by atoms with Crippen LogP contribution in [0.4, 0.5) is 5.69 Å². The molecule has 2 amide bonds. The van der Waals surface area contributed by atoms with E-state index in [2.05, 4.69) is 5.32 Å². The van der Waals surface area contributed by atoms with Crippen molar-refractivity contribution in [1.82, 2.24) is 4.90 Å². The summed E-state index contributed by atoms with van der Waals surface area (Å²) < 4.78 is 0. The fraction of sp³-hybridized carbons (Fsp3) is 0.286. The van der Waals surface area contributed by atoms with Crippen molar-refractivity contribution in [1.29, 1.82) is 0 Å². The van der Waals surface area contributed by atoms with E-state index in [1.165, 1.54) is 6.07 Å². The standard InChI is InChI=1S/C21H24N2O4/c1-13(2)20(25)23(4)12-15-6-8-16(9-7-15)19(24)22-17-10-5-14(3)18(11-17)21(26)27/h5-11,13H,12H2,1-4H3,(H,22,24)(H,26,27). The van der Waals surface area contributed by atoms with Gasteiger partial charge in [0.2, 0.25) is 5.91 Å². The predicted molar refractivity (Wildman–Crippen MR) is 104 cm³/mol. The lowest BCUT2D eigenvalue weighted by molar-refractivity contribution is -0.133. The maximum absolute atomic E-state index is 12.4. The smallest absolute Gasteiger partial charge is 0.336 e. The molecule has 0 aliphatic heterocycles. The van der Waals surface area contributed by atoms with Crippen LogP contribution in [-0.2, 0) is 11.3 Å². The van der Waals surface area contributed by atoms with E-state index in [0.29, 0.717) is 23.4 Å². The number of hydrogen-bond acceptors (Lipinski definition) is 3. The number of carboxylic acid groups (broad SMARTS) is 1. The molecule has 0 atom stereocenters. The highest BCUT2D eigenvalue weighted by Gasteiger charge is 2.14. The molecular formula is C21H24N2O4. The second-order valence-corrected chi connectivity index (χ2v) is 6.83. The fourth-order valence-corrected chi connectivity index (χ4v) is 2.69. The Hall–Kier alpha value is -3.15. The summed E-state index contributed by atoms with van der Waals surface area (Å²) in [6.07, 6.45) is 0. The molecule has 6 heteroatoms. The second kappa shape index (κ2) is 8.49. The summed E-state index contributed by atoms with van der Waals surface area (Å²) >= 11 is 0. The lowest BCUT2D eigenvalue weighted by Gasteiger charge is -2.19. The normalized spacial score (nSPS) is 10.6. The minimum Gasteiger partial charge on any atom is -0.478 e. The Morgan fingerprint density at radius 2 is 1.70 bits per heavy atom. The monoisotopic (exact) mass is 368 g/mol. The van der Waals surface area contributed by atoms with E-state index < -0.39 is 5.97 Å². The average Bonchev–Trinajstić information content (AvgIpc) is 2.62. The van der Waals surface area contributed by atoms with E-state index in [1.54, 1.807) is 55.3 Å². The minimum absolute atomic E-state index is 0.0606. The minimum atomic E-state index is -1.03. The van der Waals surface area contributed by atoms with Gasteiger partial charge in [-0.3, -0.25) is 9.59 Å². The molecule has 2 aromatic rings. The first-order chi connectivity index (χ1) is 12.7. The molecule has 0 radical (unpaired) electrons.